The molecule has 5 aromatic rings. The molecule has 0 fully saturated rings. The number of pyridine rings is 1. The molecule has 214 valence electrons. The van der Waals surface area contributed by atoms with E-state index in [9.17, 15) is 4.39 Å². The van der Waals surface area contributed by atoms with Crippen molar-refractivity contribution in [3.8, 4) is 17.8 Å². The van der Waals surface area contributed by atoms with Gasteiger partial charge >= 0.3 is 6.01 Å². The first-order chi connectivity index (χ1) is 19.7. The number of nitrogens with one attached hydrogen (secondary N) is 4. The molecule has 5 rings (SSSR count). The van der Waals surface area contributed by atoms with Gasteiger partial charge in [-0.2, -0.15) is 9.97 Å². The predicted octanol–water partition coefficient (Wildman–Crippen LogP) is 5.54. The van der Waals surface area contributed by atoms with E-state index in [4.69, 9.17) is 49.0 Å². The fourth-order valence-electron chi connectivity index (χ4n) is 3.03. The van der Waals surface area contributed by atoms with Crippen molar-refractivity contribution in [1.82, 2.24) is 45.3 Å². The quantitative estimate of drug-likeness (QED) is 0.119. The molecule has 0 bridgehead atoms. The number of rotatable bonds is 9. The summed E-state index contributed by atoms with van der Waals surface area (Å²) in [5, 5.41) is 19.6. The van der Waals surface area contributed by atoms with Crippen LogP contribution in [-0.4, -0.2) is 59.5 Å². The lowest BCUT2D eigenvalue weighted by Gasteiger charge is -2.13. The van der Waals surface area contributed by atoms with E-state index < -0.39 is 11.9 Å². The van der Waals surface area contributed by atoms with Gasteiger partial charge in [0.05, 0.1) is 26.1 Å². The largest absolute Gasteiger partial charge is 0.480 e. The van der Waals surface area contributed by atoms with Gasteiger partial charge in [0.2, 0.25) is 17.0 Å². The number of ether oxygens (including phenoxy) is 3. The molecular weight excluding hydrogens is 604 g/mol. The zero-order valence-corrected chi connectivity index (χ0v) is 23.8. The molecule has 18 heteroatoms. The molecule has 14 nitrogen and oxygen atoms in total. The second kappa shape index (κ2) is 13.7. The minimum absolute atomic E-state index is 0.0557. The molecule has 4 N–H and O–H groups in total. The summed E-state index contributed by atoms with van der Waals surface area (Å²) >= 11 is 17.4. The molecule has 0 radical (unpaired) electrons. The molecule has 5 aromatic heterocycles. The first kappa shape index (κ1) is 29.5. The van der Waals surface area contributed by atoms with E-state index in [1.165, 1.54) is 32.4 Å². The summed E-state index contributed by atoms with van der Waals surface area (Å²) in [6, 6.07) is 9.29. The monoisotopic (exact) mass is 623 g/mol. The Morgan fingerprint density at radius 1 is 0.805 bits per heavy atom. The molecule has 0 amide bonds. The Kier molecular flexibility index (Phi) is 9.89. The topological polar surface area (TPSA) is 174 Å². The molecule has 1 unspecified atom stereocenters. The van der Waals surface area contributed by atoms with Crippen LogP contribution in [0.3, 0.4) is 0 Å². The third-order valence-corrected chi connectivity index (χ3v) is 5.40. The van der Waals surface area contributed by atoms with E-state index in [0.29, 0.717) is 40.7 Å². The Hall–Kier alpha value is -4.47. The highest BCUT2D eigenvalue weighted by Gasteiger charge is 2.13. The number of anilines is 4. The summed E-state index contributed by atoms with van der Waals surface area (Å²) in [5.74, 6) is 2.52. The van der Waals surface area contributed by atoms with Crippen LogP contribution in [0.4, 0.5) is 27.7 Å². The van der Waals surface area contributed by atoms with Gasteiger partial charge in [-0.1, -0.05) is 23.2 Å². The maximum absolute atomic E-state index is 12.9. The van der Waals surface area contributed by atoms with Gasteiger partial charge in [-0.15, -0.1) is 10.2 Å². The highest BCUT2D eigenvalue weighted by atomic mass is 35.5. The van der Waals surface area contributed by atoms with Crippen LogP contribution in [-0.2, 0) is 0 Å². The zero-order chi connectivity index (χ0) is 29.4. The van der Waals surface area contributed by atoms with Crippen LogP contribution in [0.15, 0.2) is 42.6 Å². The SMILES string of the molecule is COc1cc(Nc2cc(Cl)nc(Cl)n2)[nH]n1.COc1cc(Nc2cc(Cl)nc(OC(C)c3ccc(F)cn3)n2)[nH]n1. The van der Waals surface area contributed by atoms with Crippen LogP contribution in [0.25, 0.3) is 0 Å². The van der Waals surface area contributed by atoms with Crippen LogP contribution in [0.5, 0.6) is 17.8 Å². The summed E-state index contributed by atoms with van der Waals surface area (Å²) in [5.41, 5.74) is 0.540. The molecular formula is C23H21Cl3FN11O3. The van der Waals surface area contributed by atoms with Gasteiger partial charge in [-0.3, -0.25) is 15.2 Å². The van der Waals surface area contributed by atoms with Gasteiger partial charge in [0.15, 0.2) is 0 Å². The standard InChI is InChI=1S/C15H14ClFN6O2.C8H7Cl2N5O/c1-8(10-4-3-9(17)7-18-10)25-15-19-11(16)5-12(21-15)20-13-6-14(24-2)23-22-13;1-16-7-3-6(14-15-7)12-5-2-4(9)11-8(10)13-5/h3-8H,1-2H3,(H2,19,20,21,22,23);2-3H,1H3,(H2,11,12,13,14,15). The number of halogens is 4. The van der Waals surface area contributed by atoms with Crippen LogP contribution in [0.1, 0.15) is 18.7 Å². The molecule has 0 aliphatic rings. The van der Waals surface area contributed by atoms with Crippen molar-refractivity contribution >= 4 is 58.1 Å². The van der Waals surface area contributed by atoms with Crippen LogP contribution in [0.2, 0.25) is 15.6 Å². The van der Waals surface area contributed by atoms with E-state index in [1.807, 2.05) is 0 Å². The Morgan fingerprint density at radius 2 is 1.39 bits per heavy atom. The van der Waals surface area contributed by atoms with Crippen molar-refractivity contribution in [3.05, 3.63) is 69.7 Å². The van der Waals surface area contributed by atoms with Crippen molar-refractivity contribution in [2.75, 3.05) is 24.9 Å². The fraction of sp³-hybridized carbons (Fsp3) is 0.174. The lowest BCUT2D eigenvalue weighted by atomic mass is 10.2. The summed E-state index contributed by atoms with van der Waals surface area (Å²) in [6.45, 7) is 1.75. The third kappa shape index (κ3) is 8.76. The predicted molar refractivity (Wildman–Crippen MR) is 149 cm³/mol. The van der Waals surface area contributed by atoms with Crippen molar-refractivity contribution in [2.24, 2.45) is 0 Å². The van der Waals surface area contributed by atoms with Crippen LogP contribution >= 0.6 is 34.8 Å². The smallest absolute Gasteiger partial charge is 0.320 e. The lowest BCUT2D eigenvalue weighted by molar-refractivity contribution is 0.203. The molecule has 0 saturated heterocycles. The van der Waals surface area contributed by atoms with Gasteiger partial charge in [0.1, 0.15) is 45.5 Å². The maximum Gasteiger partial charge on any atom is 0.320 e. The van der Waals surface area contributed by atoms with Crippen molar-refractivity contribution < 1.29 is 18.6 Å². The minimum atomic E-state index is -0.487. The van der Waals surface area contributed by atoms with Crippen molar-refractivity contribution in [2.45, 2.75) is 13.0 Å². The molecule has 0 aromatic carbocycles. The van der Waals surface area contributed by atoms with Gasteiger partial charge < -0.3 is 24.8 Å². The number of aromatic nitrogens is 9. The van der Waals surface area contributed by atoms with E-state index in [2.05, 4.69) is 55.9 Å². The van der Waals surface area contributed by atoms with E-state index >= 15 is 0 Å². The Morgan fingerprint density at radius 3 is 1.90 bits per heavy atom. The van der Waals surface area contributed by atoms with Gasteiger partial charge in [-0.05, 0) is 30.7 Å². The summed E-state index contributed by atoms with van der Waals surface area (Å²) < 4.78 is 28.5. The Balaban J connectivity index is 0.000000208. The molecule has 0 spiro atoms. The highest BCUT2D eigenvalue weighted by molar-refractivity contribution is 6.32. The molecule has 0 aliphatic heterocycles. The first-order valence-corrected chi connectivity index (χ1v) is 12.6. The van der Waals surface area contributed by atoms with Gasteiger partial charge in [0, 0.05) is 24.3 Å². The summed E-state index contributed by atoms with van der Waals surface area (Å²) in [7, 11) is 3.04. The molecule has 41 heavy (non-hydrogen) atoms. The number of hydrogen-bond donors (Lipinski definition) is 4. The highest BCUT2D eigenvalue weighted by Crippen LogP contribution is 2.24. The molecule has 5 heterocycles. The second-order valence-electron chi connectivity index (χ2n) is 7.76. The van der Waals surface area contributed by atoms with Crippen LogP contribution in [0, 0.1) is 5.82 Å². The van der Waals surface area contributed by atoms with E-state index in [0.717, 1.165) is 6.20 Å². The minimum Gasteiger partial charge on any atom is -0.480 e. The average Bonchev–Trinajstić information content (AvgIpc) is 3.57. The number of hydrogen-bond acceptors (Lipinski definition) is 12. The number of nitrogens with zero attached hydrogens (tertiary/aromatic N) is 7. The molecule has 0 aliphatic carbocycles. The fourth-order valence-corrected chi connectivity index (χ4v) is 3.62. The first-order valence-electron chi connectivity index (χ1n) is 11.5. The van der Waals surface area contributed by atoms with Crippen molar-refractivity contribution in [1.29, 1.82) is 0 Å². The maximum atomic E-state index is 12.9. The normalized spacial score (nSPS) is 11.2. The van der Waals surface area contributed by atoms with E-state index in [1.54, 1.807) is 25.1 Å². The Bertz CT molecular complexity index is 1570. The van der Waals surface area contributed by atoms with Crippen LogP contribution < -0.4 is 24.8 Å². The third-order valence-electron chi connectivity index (χ3n) is 4.84. The average molecular weight is 625 g/mol. The van der Waals surface area contributed by atoms with Gasteiger partial charge in [-0.25, -0.2) is 14.4 Å². The number of aromatic amines is 2. The summed E-state index contributed by atoms with van der Waals surface area (Å²) in [6.07, 6.45) is 0.631. The molecule has 0 saturated carbocycles. The van der Waals surface area contributed by atoms with E-state index in [-0.39, 0.29) is 21.6 Å². The Labute approximate surface area is 247 Å². The lowest BCUT2D eigenvalue weighted by Crippen LogP contribution is -2.08. The second-order valence-corrected chi connectivity index (χ2v) is 8.88. The number of H-pyrrole nitrogens is 2. The molecule has 1 atom stereocenters. The van der Waals surface area contributed by atoms with Gasteiger partial charge in [0.25, 0.3) is 0 Å². The summed E-state index contributed by atoms with van der Waals surface area (Å²) in [4.78, 5) is 19.9. The number of methoxy groups -OCH3 is 2. The van der Waals surface area contributed by atoms with Crippen molar-refractivity contribution in [3.63, 3.8) is 0 Å². The zero-order valence-electron chi connectivity index (χ0n) is 21.5.